The van der Waals surface area contributed by atoms with E-state index in [0.29, 0.717) is 0 Å². The zero-order valence-corrected chi connectivity index (χ0v) is 9.93. The average molecular weight is 233 g/mol. The molecule has 2 rings (SSSR count). The Bertz CT molecular complexity index is 360. The molecule has 92 valence electrons. The predicted molar refractivity (Wildman–Crippen MR) is 66.4 cm³/mol. The largest absolute Gasteiger partial charge is 0.387 e. The van der Waals surface area contributed by atoms with E-state index in [9.17, 15) is 4.79 Å². The Kier molecular flexibility index (Phi) is 4.15. The zero-order valence-electron chi connectivity index (χ0n) is 9.93. The lowest BCUT2D eigenvalue weighted by Gasteiger charge is -2.30. The molecule has 3 nitrogen and oxygen atoms in total. The van der Waals surface area contributed by atoms with E-state index in [1.807, 2.05) is 30.3 Å². The highest BCUT2D eigenvalue weighted by Gasteiger charge is 2.23. The van der Waals surface area contributed by atoms with Crippen LogP contribution < -0.4 is 5.32 Å². The number of rotatable bonds is 5. The number of aliphatic hydroxyl groups is 1. The van der Waals surface area contributed by atoms with Crippen LogP contribution in [0.5, 0.6) is 0 Å². The lowest BCUT2D eigenvalue weighted by Crippen LogP contribution is -2.33. The summed E-state index contributed by atoms with van der Waals surface area (Å²) in [6.07, 6.45) is 4.81. The first-order valence-electron chi connectivity index (χ1n) is 6.24. The molecular weight excluding hydrogens is 214 g/mol. The van der Waals surface area contributed by atoms with Gasteiger partial charge in [-0.1, -0.05) is 49.6 Å². The molecule has 1 saturated carbocycles. The van der Waals surface area contributed by atoms with E-state index >= 15 is 0 Å². The smallest absolute Gasteiger partial charge is 0.246 e. The summed E-state index contributed by atoms with van der Waals surface area (Å²) in [5.74, 6) is 0.428. The number of benzene rings is 1. The van der Waals surface area contributed by atoms with E-state index in [4.69, 9.17) is 5.11 Å². The van der Waals surface area contributed by atoms with Crippen molar-refractivity contribution in [1.29, 1.82) is 0 Å². The van der Waals surface area contributed by atoms with Crippen molar-refractivity contribution in [3.8, 4) is 0 Å². The molecular formula is C14H19NO2. The van der Waals surface area contributed by atoms with Crippen LogP contribution in [-0.4, -0.2) is 17.6 Å². The maximum atomic E-state index is 11.3. The predicted octanol–water partition coefficient (Wildman–Crippen LogP) is 2.03. The van der Waals surface area contributed by atoms with Crippen molar-refractivity contribution in [3.63, 3.8) is 0 Å². The number of aliphatic hydroxyl groups excluding tert-OH is 1. The monoisotopic (exact) mass is 233 g/mol. The topological polar surface area (TPSA) is 49.3 Å². The quantitative estimate of drug-likeness (QED) is 0.817. The molecule has 0 aromatic heterocycles. The maximum absolute atomic E-state index is 11.3. The Labute approximate surface area is 102 Å². The van der Waals surface area contributed by atoms with Gasteiger partial charge in [0.2, 0.25) is 5.91 Å². The fraction of sp³-hybridized carbons (Fsp3) is 0.500. The van der Waals surface area contributed by atoms with Crippen LogP contribution in [0.25, 0.3) is 0 Å². The number of nitrogens with one attached hydrogen (secondary N) is 1. The Hall–Kier alpha value is -1.35. The molecule has 0 bridgehead atoms. The van der Waals surface area contributed by atoms with E-state index in [1.54, 1.807) is 0 Å². The van der Waals surface area contributed by atoms with Crippen molar-refractivity contribution in [1.82, 2.24) is 5.32 Å². The van der Waals surface area contributed by atoms with Crippen LogP contribution in [0.15, 0.2) is 30.3 Å². The summed E-state index contributed by atoms with van der Waals surface area (Å²) in [4.78, 5) is 11.3. The first-order chi connectivity index (χ1) is 8.29. The van der Waals surface area contributed by atoms with E-state index in [0.717, 1.165) is 17.9 Å². The van der Waals surface area contributed by atoms with Gasteiger partial charge in [0.05, 0.1) is 6.04 Å². The lowest BCUT2D eigenvalue weighted by molar-refractivity contribution is -0.124. The van der Waals surface area contributed by atoms with Gasteiger partial charge in [-0.15, -0.1) is 0 Å². The van der Waals surface area contributed by atoms with E-state index in [1.165, 1.54) is 19.3 Å². The third kappa shape index (κ3) is 3.30. The Morgan fingerprint density at radius 3 is 2.59 bits per heavy atom. The number of hydrogen-bond acceptors (Lipinski definition) is 2. The highest BCUT2D eigenvalue weighted by molar-refractivity contribution is 5.77. The molecule has 3 heteroatoms. The summed E-state index contributed by atoms with van der Waals surface area (Å²) in [5.41, 5.74) is 1.13. The Morgan fingerprint density at radius 1 is 1.35 bits per heavy atom. The van der Waals surface area contributed by atoms with Gasteiger partial charge in [-0.2, -0.15) is 0 Å². The van der Waals surface area contributed by atoms with Gasteiger partial charge in [-0.05, 0) is 17.9 Å². The summed E-state index contributed by atoms with van der Waals surface area (Å²) in [7, 11) is 0. The number of amides is 1. The van der Waals surface area contributed by atoms with Crippen LogP contribution in [-0.2, 0) is 4.79 Å². The standard InChI is InChI=1S/C14H19NO2/c16-10-14(17)15-13(9-11-5-4-6-11)12-7-2-1-3-8-12/h1-3,7-8,11,13,16H,4-6,9-10H2,(H,15,17)/t13-/m0/s1. The van der Waals surface area contributed by atoms with Gasteiger partial charge >= 0.3 is 0 Å². The van der Waals surface area contributed by atoms with Crippen molar-refractivity contribution in [2.24, 2.45) is 5.92 Å². The number of carbonyl (C=O) groups is 1. The summed E-state index contributed by atoms with van der Waals surface area (Å²) >= 11 is 0. The summed E-state index contributed by atoms with van der Waals surface area (Å²) in [6, 6.07) is 10.0. The van der Waals surface area contributed by atoms with Crippen molar-refractivity contribution in [2.45, 2.75) is 31.7 Å². The average Bonchev–Trinajstić information content (AvgIpc) is 2.33. The van der Waals surface area contributed by atoms with Crippen molar-refractivity contribution < 1.29 is 9.90 Å². The number of hydrogen-bond donors (Lipinski definition) is 2. The molecule has 0 heterocycles. The van der Waals surface area contributed by atoms with Crippen molar-refractivity contribution in [2.75, 3.05) is 6.61 Å². The van der Waals surface area contributed by atoms with E-state index < -0.39 is 6.61 Å². The Morgan fingerprint density at radius 2 is 2.06 bits per heavy atom. The van der Waals surface area contributed by atoms with Gasteiger partial charge in [0, 0.05) is 0 Å². The fourth-order valence-corrected chi connectivity index (χ4v) is 2.27. The van der Waals surface area contributed by atoms with Gasteiger partial charge in [-0.25, -0.2) is 0 Å². The van der Waals surface area contributed by atoms with Gasteiger partial charge < -0.3 is 10.4 Å². The van der Waals surface area contributed by atoms with Crippen LogP contribution in [0.3, 0.4) is 0 Å². The molecule has 1 aromatic carbocycles. The molecule has 0 aliphatic heterocycles. The number of carbonyl (C=O) groups excluding carboxylic acids is 1. The lowest BCUT2D eigenvalue weighted by atomic mass is 9.79. The molecule has 2 N–H and O–H groups in total. The second kappa shape index (κ2) is 5.82. The SMILES string of the molecule is O=C(CO)N[C@@H](CC1CCC1)c1ccccc1. The fourth-order valence-electron chi connectivity index (χ4n) is 2.27. The third-order valence-corrected chi connectivity index (χ3v) is 3.47. The van der Waals surface area contributed by atoms with Gasteiger partial charge in [0.15, 0.2) is 0 Å². The van der Waals surface area contributed by atoms with Crippen LogP contribution in [0.2, 0.25) is 0 Å². The molecule has 1 fully saturated rings. The van der Waals surface area contributed by atoms with Gasteiger partial charge in [0.1, 0.15) is 6.61 Å². The molecule has 1 atom stereocenters. The first-order valence-corrected chi connectivity index (χ1v) is 6.24. The highest BCUT2D eigenvalue weighted by Crippen LogP contribution is 2.34. The molecule has 0 saturated heterocycles. The molecule has 1 aliphatic rings. The van der Waals surface area contributed by atoms with Crippen molar-refractivity contribution in [3.05, 3.63) is 35.9 Å². The normalized spacial score (nSPS) is 17.2. The first kappa shape index (κ1) is 12.1. The molecule has 1 amide bonds. The summed E-state index contributed by atoms with van der Waals surface area (Å²) in [5, 5.41) is 11.7. The van der Waals surface area contributed by atoms with E-state index in [-0.39, 0.29) is 11.9 Å². The molecule has 0 unspecified atom stereocenters. The minimum absolute atomic E-state index is 0.0427. The molecule has 0 radical (unpaired) electrons. The zero-order chi connectivity index (χ0) is 12.1. The van der Waals surface area contributed by atoms with Crippen molar-refractivity contribution >= 4 is 5.91 Å². The van der Waals surface area contributed by atoms with Crippen LogP contribution in [0.4, 0.5) is 0 Å². The molecule has 0 spiro atoms. The minimum atomic E-state index is -0.437. The van der Waals surface area contributed by atoms with Crippen LogP contribution in [0, 0.1) is 5.92 Å². The van der Waals surface area contributed by atoms with Gasteiger partial charge in [-0.3, -0.25) is 4.79 Å². The second-order valence-corrected chi connectivity index (χ2v) is 4.72. The molecule has 17 heavy (non-hydrogen) atoms. The molecule has 1 aliphatic carbocycles. The summed E-state index contributed by atoms with van der Waals surface area (Å²) < 4.78 is 0. The third-order valence-electron chi connectivity index (χ3n) is 3.47. The second-order valence-electron chi connectivity index (χ2n) is 4.72. The Balaban J connectivity index is 2.03. The minimum Gasteiger partial charge on any atom is -0.387 e. The summed E-state index contributed by atoms with van der Waals surface area (Å²) in [6.45, 7) is -0.437. The van der Waals surface area contributed by atoms with E-state index in [2.05, 4.69) is 5.32 Å². The van der Waals surface area contributed by atoms with Crippen LogP contribution >= 0.6 is 0 Å². The highest BCUT2D eigenvalue weighted by atomic mass is 16.3. The maximum Gasteiger partial charge on any atom is 0.246 e. The van der Waals surface area contributed by atoms with Gasteiger partial charge in [0.25, 0.3) is 0 Å². The molecule has 1 aromatic rings. The van der Waals surface area contributed by atoms with Crippen LogP contribution in [0.1, 0.15) is 37.3 Å².